The van der Waals surface area contributed by atoms with Crippen molar-refractivity contribution in [3.8, 4) is 5.75 Å². The van der Waals surface area contributed by atoms with Gasteiger partial charge in [-0.3, -0.25) is 0 Å². The Labute approximate surface area is 82.7 Å². The molecule has 14 heavy (non-hydrogen) atoms. The van der Waals surface area contributed by atoms with Gasteiger partial charge in [0.05, 0.1) is 7.11 Å². The lowest BCUT2D eigenvalue weighted by Gasteiger charge is -2.08. The molecule has 0 fully saturated rings. The van der Waals surface area contributed by atoms with Gasteiger partial charge in [-0.25, -0.2) is 0 Å². The van der Waals surface area contributed by atoms with Crippen LogP contribution in [0.4, 0.5) is 3.89 Å². The van der Waals surface area contributed by atoms with Crippen LogP contribution in [-0.4, -0.2) is 15.5 Å². The highest BCUT2D eigenvalue weighted by atomic mass is 32.3. The third kappa shape index (κ3) is 2.04. The first-order valence-corrected chi connectivity index (χ1v) is 5.34. The SMILES string of the molecule is COc1cc(C)cc(S(=O)(=O)F)c1C. The topological polar surface area (TPSA) is 43.4 Å². The van der Waals surface area contributed by atoms with E-state index in [1.807, 2.05) is 0 Å². The van der Waals surface area contributed by atoms with E-state index in [0.717, 1.165) is 0 Å². The van der Waals surface area contributed by atoms with Crippen LogP contribution in [-0.2, 0) is 10.2 Å². The van der Waals surface area contributed by atoms with E-state index < -0.39 is 10.2 Å². The summed E-state index contributed by atoms with van der Waals surface area (Å²) in [5, 5.41) is 0. The number of methoxy groups -OCH3 is 1. The van der Waals surface area contributed by atoms with Crippen molar-refractivity contribution in [1.29, 1.82) is 0 Å². The Balaban J connectivity index is 3.53. The van der Waals surface area contributed by atoms with Crippen molar-refractivity contribution in [2.45, 2.75) is 18.7 Å². The zero-order chi connectivity index (χ0) is 10.9. The highest BCUT2D eigenvalue weighted by molar-refractivity contribution is 7.86. The van der Waals surface area contributed by atoms with Gasteiger partial charge in [0.2, 0.25) is 0 Å². The van der Waals surface area contributed by atoms with Gasteiger partial charge in [0.1, 0.15) is 10.6 Å². The summed E-state index contributed by atoms with van der Waals surface area (Å²) in [6.07, 6.45) is 0. The zero-order valence-corrected chi connectivity index (χ0v) is 8.98. The molecule has 0 aliphatic heterocycles. The van der Waals surface area contributed by atoms with Gasteiger partial charge in [0.15, 0.2) is 0 Å². The van der Waals surface area contributed by atoms with Crippen LogP contribution in [0.25, 0.3) is 0 Å². The maximum absolute atomic E-state index is 12.8. The molecule has 78 valence electrons. The Morgan fingerprint density at radius 3 is 2.29 bits per heavy atom. The van der Waals surface area contributed by atoms with Gasteiger partial charge in [0.25, 0.3) is 0 Å². The first kappa shape index (κ1) is 11.0. The predicted octanol–water partition coefficient (Wildman–Crippen LogP) is 1.97. The quantitative estimate of drug-likeness (QED) is 0.713. The fourth-order valence-electron chi connectivity index (χ4n) is 1.26. The average molecular weight is 218 g/mol. The highest BCUT2D eigenvalue weighted by Gasteiger charge is 2.18. The second-order valence-corrected chi connectivity index (χ2v) is 4.34. The van der Waals surface area contributed by atoms with Crippen molar-refractivity contribution in [2.75, 3.05) is 7.11 Å². The van der Waals surface area contributed by atoms with Crippen molar-refractivity contribution in [2.24, 2.45) is 0 Å². The summed E-state index contributed by atoms with van der Waals surface area (Å²) >= 11 is 0. The Morgan fingerprint density at radius 1 is 1.29 bits per heavy atom. The number of aryl methyl sites for hydroxylation is 1. The minimum absolute atomic E-state index is 0.292. The van der Waals surface area contributed by atoms with Gasteiger partial charge >= 0.3 is 10.2 Å². The first-order valence-electron chi connectivity index (χ1n) is 3.96. The lowest BCUT2D eigenvalue weighted by molar-refractivity contribution is 0.409. The molecule has 0 N–H and O–H groups in total. The molecular weight excluding hydrogens is 207 g/mol. The highest BCUT2D eigenvalue weighted by Crippen LogP contribution is 2.27. The molecule has 0 atom stereocenters. The third-order valence-electron chi connectivity index (χ3n) is 1.94. The van der Waals surface area contributed by atoms with E-state index in [0.29, 0.717) is 16.9 Å². The van der Waals surface area contributed by atoms with Crippen molar-refractivity contribution in [1.82, 2.24) is 0 Å². The molecule has 0 aliphatic rings. The van der Waals surface area contributed by atoms with E-state index >= 15 is 0 Å². The summed E-state index contributed by atoms with van der Waals surface area (Å²) in [5.41, 5.74) is 0.935. The van der Waals surface area contributed by atoms with Gasteiger partial charge in [-0.15, -0.1) is 3.89 Å². The number of hydrogen-bond acceptors (Lipinski definition) is 3. The van der Waals surface area contributed by atoms with Crippen LogP contribution >= 0.6 is 0 Å². The van der Waals surface area contributed by atoms with Crippen LogP contribution in [0.3, 0.4) is 0 Å². The van der Waals surface area contributed by atoms with Gasteiger partial charge in [0, 0.05) is 5.56 Å². The predicted molar refractivity (Wildman–Crippen MR) is 50.8 cm³/mol. The molecule has 0 unspecified atom stereocenters. The third-order valence-corrected chi connectivity index (χ3v) is 2.89. The second kappa shape index (κ2) is 3.57. The Bertz CT molecular complexity index is 451. The van der Waals surface area contributed by atoms with Crippen LogP contribution < -0.4 is 4.74 Å². The summed E-state index contributed by atoms with van der Waals surface area (Å²) in [6, 6.07) is 2.94. The van der Waals surface area contributed by atoms with E-state index in [4.69, 9.17) is 4.74 Å². The summed E-state index contributed by atoms with van der Waals surface area (Å²) in [6.45, 7) is 3.18. The summed E-state index contributed by atoms with van der Waals surface area (Å²) in [4.78, 5) is -0.325. The Morgan fingerprint density at radius 2 is 1.86 bits per heavy atom. The lowest BCUT2D eigenvalue weighted by Crippen LogP contribution is -1.99. The molecule has 1 aromatic rings. The smallest absolute Gasteiger partial charge is 0.332 e. The van der Waals surface area contributed by atoms with E-state index in [9.17, 15) is 12.3 Å². The fraction of sp³-hybridized carbons (Fsp3) is 0.333. The van der Waals surface area contributed by atoms with E-state index in [1.165, 1.54) is 20.1 Å². The Hall–Kier alpha value is -1.10. The van der Waals surface area contributed by atoms with Gasteiger partial charge in [-0.2, -0.15) is 8.42 Å². The maximum Gasteiger partial charge on any atom is 0.332 e. The normalized spacial score (nSPS) is 11.4. The molecule has 3 nitrogen and oxygen atoms in total. The Kier molecular flexibility index (Phi) is 2.80. The summed E-state index contributed by atoms with van der Waals surface area (Å²) < 4.78 is 39.2. The van der Waals surface area contributed by atoms with Crippen molar-refractivity contribution in [3.63, 3.8) is 0 Å². The molecule has 0 spiro atoms. The van der Waals surface area contributed by atoms with Gasteiger partial charge in [-0.05, 0) is 31.5 Å². The summed E-state index contributed by atoms with van der Waals surface area (Å²) in [7, 11) is -3.26. The molecule has 5 heteroatoms. The molecule has 0 aromatic heterocycles. The molecule has 1 rings (SSSR count). The van der Waals surface area contributed by atoms with Crippen LogP contribution in [0.2, 0.25) is 0 Å². The number of rotatable bonds is 2. The van der Waals surface area contributed by atoms with Crippen molar-refractivity contribution in [3.05, 3.63) is 23.3 Å². The monoisotopic (exact) mass is 218 g/mol. The molecule has 0 radical (unpaired) electrons. The molecule has 0 heterocycles. The zero-order valence-electron chi connectivity index (χ0n) is 8.17. The molecule has 0 amide bonds. The minimum atomic E-state index is -4.67. The number of halogens is 1. The standard InChI is InChI=1S/C9H11FO3S/c1-6-4-8(13-3)7(2)9(5-6)14(10,11)12/h4-5H,1-3H3. The number of ether oxygens (including phenoxy) is 1. The van der Waals surface area contributed by atoms with Crippen molar-refractivity contribution < 1.29 is 17.0 Å². The lowest BCUT2D eigenvalue weighted by atomic mass is 10.1. The van der Waals surface area contributed by atoms with Crippen LogP contribution in [0.5, 0.6) is 5.75 Å². The summed E-state index contributed by atoms with van der Waals surface area (Å²) in [5.74, 6) is 0.376. The molecule has 0 bridgehead atoms. The van der Waals surface area contributed by atoms with Crippen molar-refractivity contribution >= 4 is 10.2 Å². The fourth-order valence-corrected chi connectivity index (χ4v) is 2.05. The van der Waals surface area contributed by atoms with E-state index in [1.54, 1.807) is 13.0 Å². The second-order valence-electron chi connectivity index (χ2n) is 3.03. The van der Waals surface area contributed by atoms with Crippen LogP contribution in [0.1, 0.15) is 11.1 Å². The minimum Gasteiger partial charge on any atom is -0.496 e. The van der Waals surface area contributed by atoms with Gasteiger partial charge in [-0.1, -0.05) is 0 Å². The molecular formula is C9H11FO3S. The van der Waals surface area contributed by atoms with E-state index in [2.05, 4.69) is 0 Å². The molecule has 0 aliphatic carbocycles. The molecule has 0 saturated carbocycles. The molecule has 0 saturated heterocycles. The van der Waals surface area contributed by atoms with Crippen LogP contribution in [0.15, 0.2) is 17.0 Å². The van der Waals surface area contributed by atoms with E-state index in [-0.39, 0.29) is 4.90 Å². The number of hydrogen-bond donors (Lipinski definition) is 0. The van der Waals surface area contributed by atoms with Gasteiger partial charge < -0.3 is 4.74 Å². The average Bonchev–Trinajstić information content (AvgIpc) is 2.06. The first-order chi connectivity index (χ1) is 6.36. The largest absolute Gasteiger partial charge is 0.496 e. The van der Waals surface area contributed by atoms with Crippen LogP contribution in [0, 0.1) is 13.8 Å². The molecule has 1 aromatic carbocycles. The maximum atomic E-state index is 12.8. The number of benzene rings is 1.